The van der Waals surface area contributed by atoms with Gasteiger partial charge in [-0.25, -0.2) is 14.4 Å². The largest absolute Gasteiger partial charge is 0.495 e. The van der Waals surface area contributed by atoms with E-state index < -0.39 is 5.82 Å². The lowest BCUT2D eigenvalue weighted by Crippen LogP contribution is -2.00. The molecule has 10 heteroatoms. The molecule has 5 rings (SSSR count). The van der Waals surface area contributed by atoms with Gasteiger partial charge >= 0.3 is 0 Å². The molecule has 2 aromatic heterocycles. The zero-order chi connectivity index (χ0) is 25.2. The van der Waals surface area contributed by atoms with E-state index in [0.29, 0.717) is 57.0 Å². The molecule has 0 saturated carbocycles. The van der Waals surface area contributed by atoms with Crippen LogP contribution in [0.2, 0.25) is 0 Å². The zero-order valence-electron chi connectivity index (χ0n) is 19.8. The first-order valence-electron chi connectivity index (χ1n) is 11.2. The molecule has 0 spiro atoms. The van der Waals surface area contributed by atoms with E-state index in [-0.39, 0.29) is 11.6 Å². The highest BCUT2D eigenvalue weighted by Gasteiger charge is 2.14. The van der Waals surface area contributed by atoms with Crippen molar-refractivity contribution in [3.8, 4) is 28.7 Å². The number of ether oxygens (including phenoxy) is 2. The number of methoxy groups -OCH3 is 1. The normalized spacial score (nSPS) is 11.1. The molecule has 0 amide bonds. The average molecular weight is 487 g/mol. The third-order valence-corrected chi connectivity index (χ3v) is 5.43. The predicted octanol–water partition coefficient (Wildman–Crippen LogP) is 6.07. The molecule has 0 saturated heterocycles. The van der Waals surface area contributed by atoms with Gasteiger partial charge in [-0.3, -0.25) is 0 Å². The molecule has 3 N–H and O–H groups in total. The van der Waals surface area contributed by atoms with Crippen molar-refractivity contribution in [3.05, 3.63) is 72.6 Å². The third-order valence-electron chi connectivity index (χ3n) is 5.43. The van der Waals surface area contributed by atoms with Crippen LogP contribution < -0.4 is 20.5 Å². The lowest BCUT2D eigenvalue weighted by molar-refractivity contribution is 0.417. The molecule has 0 unspecified atom stereocenters. The number of rotatable bonds is 7. The van der Waals surface area contributed by atoms with E-state index in [1.807, 2.05) is 19.9 Å². The second kappa shape index (κ2) is 9.49. The van der Waals surface area contributed by atoms with Crippen LogP contribution in [0.15, 0.2) is 65.3 Å². The Kier molecular flexibility index (Phi) is 6.07. The number of hydrogen-bond donors (Lipinski definition) is 2. The Balaban J connectivity index is 1.36. The Morgan fingerprint density at radius 3 is 2.58 bits per heavy atom. The third kappa shape index (κ3) is 4.61. The van der Waals surface area contributed by atoms with Gasteiger partial charge in [0, 0.05) is 29.0 Å². The van der Waals surface area contributed by atoms with Crippen LogP contribution in [0.3, 0.4) is 0 Å². The van der Waals surface area contributed by atoms with Crippen LogP contribution in [0.25, 0.3) is 22.4 Å². The summed E-state index contributed by atoms with van der Waals surface area (Å²) >= 11 is 0. The minimum Gasteiger partial charge on any atom is -0.495 e. The van der Waals surface area contributed by atoms with Crippen LogP contribution >= 0.6 is 0 Å². The molecule has 182 valence electrons. The monoisotopic (exact) mass is 486 g/mol. The van der Waals surface area contributed by atoms with Gasteiger partial charge in [-0.05, 0) is 36.4 Å². The van der Waals surface area contributed by atoms with E-state index >= 15 is 0 Å². The van der Waals surface area contributed by atoms with Crippen molar-refractivity contribution in [2.45, 2.75) is 19.8 Å². The average Bonchev–Trinajstić information content (AvgIpc) is 3.37. The highest BCUT2D eigenvalue weighted by molar-refractivity contribution is 5.94. The molecular weight excluding hydrogens is 463 g/mol. The van der Waals surface area contributed by atoms with Crippen molar-refractivity contribution in [2.24, 2.45) is 0 Å². The Bertz CT molecular complexity index is 1550. The van der Waals surface area contributed by atoms with Crippen LogP contribution in [0.5, 0.6) is 17.2 Å². The number of nitrogens with two attached hydrogens (primary N) is 1. The fourth-order valence-corrected chi connectivity index (χ4v) is 3.58. The minimum absolute atomic E-state index is 0.126. The molecule has 3 aromatic carbocycles. The summed E-state index contributed by atoms with van der Waals surface area (Å²) in [6.07, 6.45) is 1.39. The second-order valence-electron chi connectivity index (χ2n) is 8.33. The topological polar surface area (TPSA) is 121 Å². The maximum absolute atomic E-state index is 15.0. The van der Waals surface area contributed by atoms with Crippen LogP contribution in [0.4, 0.5) is 21.6 Å². The summed E-state index contributed by atoms with van der Waals surface area (Å²) in [5.41, 5.74) is 8.00. The summed E-state index contributed by atoms with van der Waals surface area (Å²) in [6.45, 7) is 3.95. The van der Waals surface area contributed by atoms with Gasteiger partial charge in [0.2, 0.25) is 11.8 Å². The standard InChI is InChI=1S/C26H23FN6O3/c1-14(2)25-32-33-26(36-25)15-5-4-6-16(9-15)35-17-7-8-21(19(27)10-17)31-24-18-11-20(28)23(34-3)12-22(18)29-13-30-24/h4-14H,28H2,1-3H3,(H,29,30,31). The number of anilines is 3. The number of nitrogens with one attached hydrogen (secondary N) is 1. The summed E-state index contributed by atoms with van der Waals surface area (Å²) in [5, 5.41) is 11.8. The van der Waals surface area contributed by atoms with Crippen LogP contribution in [-0.4, -0.2) is 27.3 Å². The lowest BCUT2D eigenvalue weighted by Gasteiger charge is -2.12. The summed E-state index contributed by atoms with van der Waals surface area (Å²) in [7, 11) is 1.53. The minimum atomic E-state index is -0.518. The molecule has 0 fully saturated rings. The maximum Gasteiger partial charge on any atom is 0.247 e. The Labute approximate surface area is 206 Å². The first-order valence-corrected chi connectivity index (χ1v) is 11.2. The summed E-state index contributed by atoms with van der Waals surface area (Å²) in [6, 6.07) is 15.1. The highest BCUT2D eigenvalue weighted by atomic mass is 19.1. The fraction of sp³-hybridized carbons (Fsp3) is 0.154. The van der Waals surface area contributed by atoms with Gasteiger partial charge in [-0.15, -0.1) is 10.2 Å². The second-order valence-corrected chi connectivity index (χ2v) is 8.33. The molecule has 5 aromatic rings. The molecule has 0 atom stereocenters. The summed E-state index contributed by atoms with van der Waals surface area (Å²) in [4.78, 5) is 8.48. The van der Waals surface area contributed by atoms with E-state index in [2.05, 4.69) is 25.5 Å². The number of aromatic nitrogens is 4. The van der Waals surface area contributed by atoms with Crippen molar-refractivity contribution < 1.29 is 18.3 Å². The molecule has 0 aliphatic heterocycles. The van der Waals surface area contributed by atoms with Crippen molar-refractivity contribution in [3.63, 3.8) is 0 Å². The summed E-state index contributed by atoms with van der Waals surface area (Å²) in [5.74, 6) is 2.30. The highest BCUT2D eigenvalue weighted by Crippen LogP contribution is 2.33. The first kappa shape index (κ1) is 23.0. The molecule has 9 nitrogen and oxygen atoms in total. The van der Waals surface area contributed by atoms with Crippen molar-refractivity contribution in [2.75, 3.05) is 18.2 Å². The van der Waals surface area contributed by atoms with Crippen molar-refractivity contribution in [1.29, 1.82) is 0 Å². The quantitative estimate of drug-likeness (QED) is 0.264. The molecule has 36 heavy (non-hydrogen) atoms. The molecule has 0 aliphatic carbocycles. The van der Waals surface area contributed by atoms with Gasteiger partial charge in [0.15, 0.2) is 0 Å². The Hall–Kier alpha value is -4.73. The number of benzene rings is 3. The van der Waals surface area contributed by atoms with Gasteiger partial charge in [-0.1, -0.05) is 19.9 Å². The molecule has 0 radical (unpaired) electrons. The van der Waals surface area contributed by atoms with Gasteiger partial charge in [-0.2, -0.15) is 0 Å². The number of fused-ring (bicyclic) bond motifs is 1. The molecule has 0 aliphatic rings. The van der Waals surface area contributed by atoms with Gasteiger partial charge in [0.1, 0.15) is 35.2 Å². The zero-order valence-corrected chi connectivity index (χ0v) is 19.8. The van der Waals surface area contributed by atoms with Gasteiger partial charge in [0.25, 0.3) is 0 Å². The number of halogens is 1. The maximum atomic E-state index is 15.0. The van der Waals surface area contributed by atoms with Gasteiger partial charge in [0.05, 0.1) is 24.0 Å². The number of nitrogen functional groups attached to an aromatic ring is 1. The van der Waals surface area contributed by atoms with E-state index in [1.165, 1.54) is 19.5 Å². The smallest absolute Gasteiger partial charge is 0.247 e. The lowest BCUT2D eigenvalue weighted by atomic mass is 10.2. The van der Waals surface area contributed by atoms with Crippen molar-refractivity contribution >= 4 is 28.1 Å². The van der Waals surface area contributed by atoms with E-state index in [0.717, 1.165) is 0 Å². The Morgan fingerprint density at radius 2 is 1.83 bits per heavy atom. The first-order chi connectivity index (χ1) is 17.4. The van der Waals surface area contributed by atoms with E-state index in [4.69, 9.17) is 19.6 Å². The fourth-order valence-electron chi connectivity index (χ4n) is 3.58. The van der Waals surface area contributed by atoms with Crippen molar-refractivity contribution in [1.82, 2.24) is 20.2 Å². The van der Waals surface area contributed by atoms with Crippen LogP contribution in [0, 0.1) is 5.82 Å². The van der Waals surface area contributed by atoms with E-state index in [1.54, 1.807) is 42.5 Å². The predicted molar refractivity (Wildman–Crippen MR) is 134 cm³/mol. The Morgan fingerprint density at radius 1 is 1.00 bits per heavy atom. The van der Waals surface area contributed by atoms with Crippen LogP contribution in [-0.2, 0) is 0 Å². The summed E-state index contributed by atoms with van der Waals surface area (Å²) < 4.78 is 31.8. The molecule has 0 bridgehead atoms. The SMILES string of the molecule is COc1cc2ncnc(Nc3ccc(Oc4cccc(-c5nnc(C(C)C)o5)c4)cc3F)c2cc1N. The molecule has 2 heterocycles. The van der Waals surface area contributed by atoms with E-state index in [9.17, 15) is 4.39 Å². The number of nitrogens with zero attached hydrogens (tertiary/aromatic N) is 4. The number of hydrogen-bond acceptors (Lipinski definition) is 9. The van der Waals surface area contributed by atoms with Crippen LogP contribution in [0.1, 0.15) is 25.7 Å². The van der Waals surface area contributed by atoms with Gasteiger partial charge < -0.3 is 24.9 Å². The molecular formula is C26H23FN6O3.